The lowest BCUT2D eigenvalue weighted by Crippen LogP contribution is -1.92. The van der Waals surface area contributed by atoms with E-state index in [9.17, 15) is 0 Å². The molecule has 0 fully saturated rings. The Kier molecular flexibility index (Phi) is 3.28. The van der Waals surface area contributed by atoms with Gasteiger partial charge in [0, 0.05) is 17.0 Å². The number of aromatic nitrogens is 1. The molecule has 0 aliphatic rings. The second-order valence-corrected chi connectivity index (χ2v) is 4.22. The number of aryl methyl sites for hydroxylation is 3. The number of para-hydroxylation sites is 1. The van der Waals surface area contributed by atoms with Crippen LogP contribution in [0, 0.1) is 20.8 Å². The first-order valence-corrected chi connectivity index (χ1v) is 5.68. The Hall–Kier alpha value is -2.03. The van der Waals surface area contributed by atoms with E-state index in [4.69, 9.17) is 0 Å². The molecule has 0 radical (unpaired) electrons. The highest BCUT2D eigenvalue weighted by Crippen LogP contribution is 2.13. The van der Waals surface area contributed by atoms with Gasteiger partial charge in [0.05, 0.1) is 11.9 Å². The summed E-state index contributed by atoms with van der Waals surface area (Å²) in [6.07, 6.45) is 1.84. The van der Waals surface area contributed by atoms with Gasteiger partial charge in [0.25, 0.3) is 0 Å². The van der Waals surface area contributed by atoms with Crippen LogP contribution in [0.5, 0.6) is 0 Å². The minimum absolute atomic E-state index is 1.04. The van der Waals surface area contributed by atoms with Crippen molar-refractivity contribution >= 4 is 11.9 Å². The third kappa shape index (κ3) is 2.75. The van der Waals surface area contributed by atoms with E-state index in [-0.39, 0.29) is 0 Å². The Morgan fingerprint density at radius 3 is 2.59 bits per heavy atom. The van der Waals surface area contributed by atoms with Crippen molar-refractivity contribution in [3.63, 3.8) is 0 Å². The molecule has 2 N–H and O–H groups in total. The normalized spacial score (nSPS) is 11.0. The van der Waals surface area contributed by atoms with Crippen molar-refractivity contribution in [2.45, 2.75) is 20.8 Å². The zero-order valence-electron chi connectivity index (χ0n) is 10.4. The molecule has 3 heteroatoms. The van der Waals surface area contributed by atoms with E-state index in [0.29, 0.717) is 0 Å². The molecule has 17 heavy (non-hydrogen) atoms. The van der Waals surface area contributed by atoms with Crippen LogP contribution in [0.25, 0.3) is 0 Å². The maximum atomic E-state index is 4.25. The first-order valence-electron chi connectivity index (χ1n) is 5.68. The largest absolute Gasteiger partial charge is 0.362 e. The Bertz CT molecular complexity index is 538. The molecular formula is C14H17N3. The van der Waals surface area contributed by atoms with Crippen molar-refractivity contribution in [1.82, 2.24) is 4.98 Å². The van der Waals surface area contributed by atoms with Crippen molar-refractivity contribution in [3.05, 3.63) is 52.8 Å². The molecular weight excluding hydrogens is 210 g/mol. The summed E-state index contributed by atoms with van der Waals surface area (Å²) in [5.74, 6) is 0. The molecule has 1 aromatic heterocycles. The van der Waals surface area contributed by atoms with Crippen LogP contribution in [0.2, 0.25) is 0 Å². The molecule has 0 atom stereocenters. The van der Waals surface area contributed by atoms with Gasteiger partial charge in [-0.1, -0.05) is 18.2 Å². The summed E-state index contributed by atoms with van der Waals surface area (Å²) in [5, 5.41) is 4.25. The highest BCUT2D eigenvalue weighted by Gasteiger charge is 1.98. The van der Waals surface area contributed by atoms with E-state index in [1.165, 1.54) is 5.56 Å². The van der Waals surface area contributed by atoms with Crippen molar-refractivity contribution in [1.29, 1.82) is 0 Å². The number of anilines is 1. The Labute approximate surface area is 102 Å². The first-order chi connectivity index (χ1) is 8.16. The minimum Gasteiger partial charge on any atom is -0.362 e. The van der Waals surface area contributed by atoms with Gasteiger partial charge in [-0.2, -0.15) is 5.10 Å². The van der Waals surface area contributed by atoms with Gasteiger partial charge in [0.1, 0.15) is 0 Å². The van der Waals surface area contributed by atoms with Crippen LogP contribution in [-0.4, -0.2) is 11.2 Å². The van der Waals surface area contributed by atoms with Crippen LogP contribution in [-0.2, 0) is 0 Å². The molecule has 0 saturated carbocycles. The Morgan fingerprint density at radius 1 is 1.18 bits per heavy atom. The first kappa shape index (κ1) is 11.5. The van der Waals surface area contributed by atoms with Crippen LogP contribution in [0.15, 0.2) is 35.4 Å². The fraction of sp³-hybridized carbons (Fsp3) is 0.214. The lowest BCUT2D eigenvalue weighted by atomic mass is 10.2. The van der Waals surface area contributed by atoms with E-state index in [1.807, 2.05) is 38.3 Å². The van der Waals surface area contributed by atoms with Crippen LogP contribution < -0.4 is 5.43 Å². The van der Waals surface area contributed by atoms with Crippen molar-refractivity contribution < 1.29 is 0 Å². The van der Waals surface area contributed by atoms with Gasteiger partial charge < -0.3 is 4.98 Å². The summed E-state index contributed by atoms with van der Waals surface area (Å²) >= 11 is 0. The number of aromatic amines is 1. The minimum atomic E-state index is 1.04. The number of nitrogens with zero attached hydrogens (tertiary/aromatic N) is 1. The molecule has 0 bridgehead atoms. The standard InChI is InChI=1S/C14H17N3/c1-10-6-4-5-7-14(10)17-15-9-13-8-11(2)16-12(13)3/h4-9,16-17H,1-3H3/b15-9+. The van der Waals surface area contributed by atoms with E-state index in [2.05, 4.69) is 34.6 Å². The Morgan fingerprint density at radius 2 is 1.94 bits per heavy atom. The lowest BCUT2D eigenvalue weighted by Gasteiger charge is -2.02. The number of H-pyrrole nitrogens is 1. The lowest BCUT2D eigenvalue weighted by molar-refractivity contribution is 1.19. The molecule has 2 aromatic rings. The number of hydrazone groups is 1. The number of hydrogen-bond donors (Lipinski definition) is 2. The predicted octanol–water partition coefficient (Wildman–Crippen LogP) is 3.39. The third-order valence-electron chi connectivity index (χ3n) is 2.72. The van der Waals surface area contributed by atoms with Gasteiger partial charge in [-0.25, -0.2) is 0 Å². The van der Waals surface area contributed by atoms with Gasteiger partial charge in [-0.15, -0.1) is 0 Å². The second-order valence-electron chi connectivity index (χ2n) is 4.22. The van der Waals surface area contributed by atoms with Crippen LogP contribution in [0.4, 0.5) is 5.69 Å². The quantitative estimate of drug-likeness (QED) is 0.612. The summed E-state index contributed by atoms with van der Waals surface area (Å²) in [6, 6.07) is 10.2. The smallest absolute Gasteiger partial charge is 0.0590 e. The molecule has 0 unspecified atom stereocenters. The maximum absolute atomic E-state index is 4.25. The van der Waals surface area contributed by atoms with Crippen molar-refractivity contribution in [3.8, 4) is 0 Å². The summed E-state index contributed by atoms with van der Waals surface area (Å²) in [5.41, 5.74) is 8.68. The number of hydrogen-bond acceptors (Lipinski definition) is 2. The molecule has 1 heterocycles. The van der Waals surface area contributed by atoms with Gasteiger partial charge in [0.15, 0.2) is 0 Å². The molecule has 0 saturated heterocycles. The molecule has 0 aliphatic carbocycles. The van der Waals surface area contributed by atoms with Crippen LogP contribution >= 0.6 is 0 Å². The summed E-state index contributed by atoms with van der Waals surface area (Å²) in [7, 11) is 0. The fourth-order valence-electron chi connectivity index (χ4n) is 1.75. The zero-order valence-corrected chi connectivity index (χ0v) is 10.4. The summed E-state index contributed by atoms with van der Waals surface area (Å²) in [6.45, 7) is 6.14. The molecule has 3 nitrogen and oxygen atoms in total. The van der Waals surface area contributed by atoms with E-state index < -0.39 is 0 Å². The molecule has 2 rings (SSSR count). The monoisotopic (exact) mass is 227 g/mol. The van der Waals surface area contributed by atoms with Gasteiger partial charge in [-0.05, 0) is 38.5 Å². The number of rotatable bonds is 3. The predicted molar refractivity (Wildman–Crippen MR) is 72.7 cm³/mol. The molecule has 88 valence electrons. The maximum Gasteiger partial charge on any atom is 0.0590 e. The summed E-state index contributed by atoms with van der Waals surface area (Å²) < 4.78 is 0. The Balaban J connectivity index is 2.08. The zero-order chi connectivity index (χ0) is 12.3. The molecule has 1 aromatic carbocycles. The van der Waals surface area contributed by atoms with E-state index in [0.717, 1.165) is 22.6 Å². The number of nitrogens with one attached hydrogen (secondary N) is 2. The topological polar surface area (TPSA) is 40.2 Å². The highest BCUT2D eigenvalue weighted by atomic mass is 15.3. The average molecular weight is 227 g/mol. The van der Waals surface area contributed by atoms with E-state index in [1.54, 1.807) is 0 Å². The van der Waals surface area contributed by atoms with Gasteiger partial charge in [-0.3, -0.25) is 5.43 Å². The third-order valence-corrected chi connectivity index (χ3v) is 2.72. The van der Waals surface area contributed by atoms with Crippen molar-refractivity contribution in [2.75, 3.05) is 5.43 Å². The van der Waals surface area contributed by atoms with E-state index >= 15 is 0 Å². The van der Waals surface area contributed by atoms with Crippen LogP contribution in [0.3, 0.4) is 0 Å². The van der Waals surface area contributed by atoms with Crippen molar-refractivity contribution in [2.24, 2.45) is 5.10 Å². The molecule has 0 aliphatic heterocycles. The summed E-state index contributed by atoms with van der Waals surface area (Å²) in [4.78, 5) is 3.25. The average Bonchev–Trinajstić information content (AvgIpc) is 2.60. The molecule has 0 amide bonds. The van der Waals surface area contributed by atoms with Crippen LogP contribution in [0.1, 0.15) is 22.5 Å². The highest BCUT2D eigenvalue weighted by molar-refractivity contribution is 5.82. The van der Waals surface area contributed by atoms with Gasteiger partial charge >= 0.3 is 0 Å². The fourth-order valence-corrected chi connectivity index (χ4v) is 1.75. The van der Waals surface area contributed by atoms with Gasteiger partial charge in [0.2, 0.25) is 0 Å². The second kappa shape index (κ2) is 4.87. The SMILES string of the molecule is Cc1cc(/C=N/Nc2ccccc2C)c(C)[nH]1. The molecule has 0 spiro atoms. The number of benzene rings is 1.